The molecule has 0 N–H and O–H groups in total. The van der Waals surface area contributed by atoms with Crippen LogP contribution >= 0.6 is 0 Å². The standard InChI is InChI=1S/C34H32N2O4/c1-37-27-11-9-13-29-31(27)25-19-17-23-15-16-24-18-20-26(36-34(24)33(23)35-25)32-28(38-2)12-10-14-30(32)40-22-8-6-4-3-5-7-21-39-29/h3-4,9-20H,5-8,21-22H2,1-2H3/b4-3+. The third-order valence-corrected chi connectivity index (χ3v) is 7.16. The van der Waals surface area contributed by atoms with E-state index in [4.69, 9.17) is 28.9 Å². The molecular weight excluding hydrogens is 500 g/mol. The van der Waals surface area contributed by atoms with Gasteiger partial charge in [0.25, 0.3) is 0 Å². The summed E-state index contributed by atoms with van der Waals surface area (Å²) in [5.74, 6) is 2.95. The van der Waals surface area contributed by atoms with Gasteiger partial charge in [-0.1, -0.05) is 48.6 Å². The van der Waals surface area contributed by atoms with E-state index < -0.39 is 0 Å². The van der Waals surface area contributed by atoms with Gasteiger partial charge in [0.2, 0.25) is 0 Å². The third-order valence-electron chi connectivity index (χ3n) is 7.16. The highest BCUT2D eigenvalue weighted by Gasteiger charge is 2.18. The van der Waals surface area contributed by atoms with Crippen LogP contribution in [0.25, 0.3) is 44.3 Å². The Bertz CT molecular complexity index is 1570. The van der Waals surface area contributed by atoms with Gasteiger partial charge in [0.15, 0.2) is 0 Å². The number of ether oxygens (including phenoxy) is 4. The highest BCUT2D eigenvalue weighted by atomic mass is 16.5. The van der Waals surface area contributed by atoms with Crippen LogP contribution in [0.1, 0.15) is 25.7 Å². The molecule has 5 aromatic rings. The summed E-state index contributed by atoms with van der Waals surface area (Å²) in [6.45, 7) is 1.21. The molecule has 6 heteroatoms. The van der Waals surface area contributed by atoms with Crippen LogP contribution in [0.3, 0.4) is 0 Å². The zero-order valence-electron chi connectivity index (χ0n) is 22.9. The summed E-state index contributed by atoms with van der Waals surface area (Å²) in [6, 6.07) is 24.1. The van der Waals surface area contributed by atoms with Gasteiger partial charge in [0.1, 0.15) is 23.0 Å². The summed E-state index contributed by atoms with van der Waals surface area (Å²) in [5, 5.41) is 2.01. The normalized spacial score (nSPS) is 14.8. The van der Waals surface area contributed by atoms with Gasteiger partial charge < -0.3 is 18.9 Å². The quantitative estimate of drug-likeness (QED) is 0.169. The van der Waals surface area contributed by atoms with E-state index in [1.165, 1.54) is 0 Å². The molecule has 0 spiro atoms. The fourth-order valence-electron chi connectivity index (χ4n) is 5.16. The molecule has 3 aromatic carbocycles. The monoisotopic (exact) mass is 532 g/mol. The summed E-state index contributed by atoms with van der Waals surface area (Å²) in [6.07, 6.45) is 8.17. The van der Waals surface area contributed by atoms with Crippen LogP contribution in [0.5, 0.6) is 23.0 Å². The minimum absolute atomic E-state index is 0.605. The molecule has 4 bridgehead atoms. The van der Waals surface area contributed by atoms with Crippen LogP contribution < -0.4 is 18.9 Å². The van der Waals surface area contributed by atoms with E-state index in [0.29, 0.717) is 13.2 Å². The van der Waals surface area contributed by atoms with Gasteiger partial charge in [0.05, 0.1) is 61.0 Å². The van der Waals surface area contributed by atoms with Crippen molar-refractivity contribution in [3.8, 4) is 45.5 Å². The van der Waals surface area contributed by atoms with Gasteiger partial charge in [-0.15, -0.1) is 0 Å². The number of allylic oxidation sites excluding steroid dienone is 2. The first-order chi connectivity index (χ1) is 19.8. The molecule has 3 heterocycles. The van der Waals surface area contributed by atoms with Crippen LogP contribution in [-0.2, 0) is 0 Å². The highest BCUT2D eigenvalue weighted by Crippen LogP contribution is 2.41. The maximum atomic E-state index is 6.27. The lowest BCUT2D eigenvalue weighted by atomic mass is 10.0. The molecule has 0 unspecified atom stereocenters. The number of fused-ring (bicyclic) bond motifs is 6. The van der Waals surface area contributed by atoms with E-state index in [1.807, 2.05) is 48.5 Å². The second-order valence-electron chi connectivity index (χ2n) is 9.72. The Balaban J connectivity index is 1.57. The molecule has 0 fully saturated rings. The lowest BCUT2D eigenvalue weighted by Crippen LogP contribution is -2.02. The van der Waals surface area contributed by atoms with Crippen molar-refractivity contribution in [2.24, 2.45) is 0 Å². The van der Waals surface area contributed by atoms with Crippen molar-refractivity contribution in [2.45, 2.75) is 25.7 Å². The Hall–Kier alpha value is -4.58. The lowest BCUT2D eigenvalue weighted by molar-refractivity contribution is 0.309. The lowest BCUT2D eigenvalue weighted by Gasteiger charge is -2.16. The number of pyridine rings is 2. The van der Waals surface area contributed by atoms with Crippen molar-refractivity contribution in [1.82, 2.24) is 9.97 Å². The Morgan fingerprint density at radius 1 is 0.575 bits per heavy atom. The number of aromatic nitrogens is 2. The molecule has 0 radical (unpaired) electrons. The first-order valence-corrected chi connectivity index (χ1v) is 13.7. The number of rotatable bonds is 2. The summed E-state index contributed by atoms with van der Waals surface area (Å²) < 4.78 is 24.1. The van der Waals surface area contributed by atoms with E-state index in [2.05, 4.69) is 36.4 Å². The Morgan fingerprint density at radius 3 is 1.48 bits per heavy atom. The van der Waals surface area contributed by atoms with Crippen molar-refractivity contribution < 1.29 is 18.9 Å². The van der Waals surface area contributed by atoms with Crippen molar-refractivity contribution in [2.75, 3.05) is 27.4 Å². The molecule has 0 saturated heterocycles. The average Bonchev–Trinajstić information content (AvgIpc) is 3.00. The van der Waals surface area contributed by atoms with Crippen LogP contribution in [0.15, 0.2) is 84.9 Å². The van der Waals surface area contributed by atoms with Crippen molar-refractivity contribution in [1.29, 1.82) is 0 Å². The first kappa shape index (κ1) is 25.7. The molecule has 0 aliphatic carbocycles. The van der Waals surface area contributed by atoms with Crippen LogP contribution in [-0.4, -0.2) is 37.4 Å². The molecule has 202 valence electrons. The summed E-state index contributed by atoms with van der Waals surface area (Å²) in [7, 11) is 3.35. The van der Waals surface area contributed by atoms with Crippen molar-refractivity contribution in [3.63, 3.8) is 0 Å². The summed E-state index contributed by atoms with van der Waals surface area (Å²) in [4.78, 5) is 10.3. The second-order valence-corrected chi connectivity index (χ2v) is 9.72. The predicted octanol–water partition coefficient (Wildman–Crippen LogP) is 8.02. The van der Waals surface area contributed by atoms with Gasteiger partial charge in [-0.2, -0.15) is 0 Å². The molecule has 6 nitrogen and oxygen atoms in total. The molecule has 6 rings (SSSR count). The van der Waals surface area contributed by atoms with E-state index in [-0.39, 0.29) is 0 Å². The first-order valence-electron chi connectivity index (χ1n) is 13.7. The van der Waals surface area contributed by atoms with Gasteiger partial charge in [-0.25, -0.2) is 9.97 Å². The van der Waals surface area contributed by atoms with E-state index in [9.17, 15) is 0 Å². The maximum absolute atomic E-state index is 6.27. The summed E-state index contributed by atoms with van der Waals surface area (Å²) in [5.41, 5.74) is 4.84. The van der Waals surface area contributed by atoms with Crippen LogP contribution in [0.4, 0.5) is 0 Å². The number of hydrogen-bond acceptors (Lipinski definition) is 6. The Kier molecular flexibility index (Phi) is 7.49. The third kappa shape index (κ3) is 5.05. The number of benzene rings is 3. The van der Waals surface area contributed by atoms with Gasteiger partial charge in [-0.3, -0.25) is 0 Å². The molecule has 0 saturated carbocycles. The molecular formula is C34H32N2O4. The number of nitrogens with zero attached hydrogens (tertiary/aromatic N) is 2. The van der Waals surface area contributed by atoms with Crippen molar-refractivity contribution >= 4 is 21.8 Å². The van der Waals surface area contributed by atoms with E-state index in [1.54, 1.807) is 14.2 Å². The zero-order chi connectivity index (χ0) is 27.3. The smallest absolute Gasteiger partial charge is 0.132 e. The minimum Gasteiger partial charge on any atom is -0.496 e. The molecule has 1 aliphatic heterocycles. The fraction of sp³-hybridized carbons (Fsp3) is 0.235. The molecule has 0 atom stereocenters. The average molecular weight is 533 g/mol. The van der Waals surface area contributed by atoms with Gasteiger partial charge >= 0.3 is 0 Å². The SMILES string of the molecule is COc1cccc2c1-c1ccc3ccc4ccc(nc4c3n1)-c1c(OC)cccc1OCCC/C=C/CCCO2. The Labute approximate surface area is 234 Å². The van der Waals surface area contributed by atoms with Crippen LogP contribution in [0, 0.1) is 0 Å². The molecule has 0 amide bonds. The van der Waals surface area contributed by atoms with Crippen LogP contribution in [0.2, 0.25) is 0 Å². The topological polar surface area (TPSA) is 62.7 Å². The number of hydrogen-bond donors (Lipinski definition) is 0. The highest BCUT2D eigenvalue weighted by molar-refractivity contribution is 6.04. The Morgan fingerprint density at radius 2 is 1.02 bits per heavy atom. The predicted molar refractivity (Wildman–Crippen MR) is 160 cm³/mol. The van der Waals surface area contributed by atoms with Gasteiger partial charge in [-0.05, 0) is 62.1 Å². The summed E-state index contributed by atoms with van der Waals surface area (Å²) >= 11 is 0. The zero-order valence-corrected chi connectivity index (χ0v) is 22.9. The van der Waals surface area contributed by atoms with Crippen molar-refractivity contribution in [3.05, 3.63) is 84.9 Å². The molecule has 2 aromatic heterocycles. The molecule has 1 aliphatic rings. The van der Waals surface area contributed by atoms with Gasteiger partial charge in [0, 0.05) is 10.8 Å². The molecule has 40 heavy (non-hydrogen) atoms. The second kappa shape index (κ2) is 11.7. The minimum atomic E-state index is 0.605. The number of methoxy groups -OCH3 is 2. The maximum Gasteiger partial charge on any atom is 0.132 e. The largest absolute Gasteiger partial charge is 0.496 e. The fourth-order valence-corrected chi connectivity index (χ4v) is 5.16. The van der Waals surface area contributed by atoms with E-state index in [0.717, 1.165) is 93.0 Å². The van der Waals surface area contributed by atoms with E-state index >= 15 is 0 Å².